The van der Waals surface area contributed by atoms with Crippen LogP contribution in [0.15, 0.2) is 24.3 Å². The van der Waals surface area contributed by atoms with E-state index in [9.17, 15) is 4.79 Å². The molecule has 0 saturated carbocycles. The third kappa shape index (κ3) is 3.57. The molecule has 3 heteroatoms. The molecule has 0 saturated heterocycles. The summed E-state index contributed by atoms with van der Waals surface area (Å²) in [5.41, 5.74) is 8.06. The molecule has 0 heterocycles. The van der Waals surface area contributed by atoms with E-state index >= 15 is 0 Å². The number of carbonyl (C=O) groups is 1. The Morgan fingerprint density at radius 3 is 3.05 bits per heavy atom. The average Bonchev–Trinajstić information content (AvgIpc) is 2.44. The van der Waals surface area contributed by atoms with Gasteiger partial charge in [0.2, 0.25) is 5.91 Å². The van der Waals surface area contributed by atoms with Crippen LogP contribution in [0.2, 0.25) is 0 Å². The van der Waals surface area contributed by atoms with Gasteiger partial charge in [0.05, 0.1) is 5.92 Å². The second-order valence-electron chi connectivity index (χ2n) is 5.48. The summed E-state index contributed by atoms with van der Waals surface area (Å²) in [5.74, 6) is 0.210. The third-order valence-electron chi connectivity index (χ3n) is 3.92. The lowest BCUT2D eigenvalue weighted by Gasteiger charge is -2.26. The monoisotopic (exact) mass is 260 g/mol. The van der Waals surface area contributed by atoms with Crippen molar-refractivity contribution >= 4 is 5.91 Å². The number of nitrogens with two attached hydrogens (primary N) is 1. The van der Waals surface area contributed by atoms with Crippen LogP contribution in [0.5, 0.6) is 0 Å². The molecule has 3 N–H and O–H groups in total. The van der Waals surface area contributed by atoms with Gasteiger partial charge in [-0.15, -0.1) is 0 Å². The van der Waals surface area contributed by atoms with Gasteiger partial charge in [0.15, 0.2) is 0 Å². The largest absolute Gasteiger partial charge is 0.353 e. The SMILES string of the molecule is CC(CCCN)NC(=O)C1CCCc2ccccc21. The predicted octanol–water partition coefficient (Wildman–Crippen LogP) is 2.35. The molecular weight excluding hydrogens is 236 g/mol. The van der Waals surface area contributed by atoms with Gasteiger partial charge >= 0.3 is 0 Å². The minimum absolute atomic E-state index is 0.0327. The van der Waals surface area contributed by atoms with Crippen molar-refractivity contribution in [2.45, 2.75) is 51.0 Å². The maximum absolute atomic E-state index is 12.4. The number of nitrogens with one attached hydrogen (secondary N) is 1. The van der Waals surface area contributed by atoms with Gasteiger partial charge in [0, 0.05) is 6.04 Å². The fourth-order valence-electron chi connectivity index (χ4n) is 2.87. The van der Waals surface area contributed by atoms with E-state index in [1.807, 2.05) is 6.07 Å². The Morgan fingerprint density at radius 2 is 2.26 bits per heavy atom. The van der Waals surface area contributed by atoms with E-state index < -0.39 is 0 Å². The number of carbonyl (C=O) groups excluding carboxylic acids is 1. The van der Waals surface area contributed by atoms with Crippen molar-refractivity contribution < 1.29 is 4.79 Å². The van der Waals surface area contributed by atoms with Crippen LogP contribution in [0.25, 0.3) is 0 Å². The molecule has 1 aromatic rings. The fourth-order valence-corrected chi connectivity index (χ4v) is 2.87. The summed E-state index contributed by atoms with van der Waals surface area (Å²) in [5, 5.41) is 3.13. The Bertz CT molecular complexity index is 431. The topological polar surface area (TPSA) is 55.1 Å². The van der Waals surface area contributed by atoms with Crippen LogP contribution in [0.4, 0.5) is 0 Å². The molecule has 1 amide bonds. The minimum Gasteiger partial charge on any atom is -0.353 e. The smallest absolute Gasteiger partial charge is 0.227 e. The highest BCUT2D eigenvalue weighted by atomic mass is 16.1. The summed E-state index contributed by atoms with van der Waals surface area (Å²) in [7, 11) is 0. The van der Waals surface area contributed by atoms with E-state index in [4.69, 9.17) is 5.73 Å². The van der Waals surface area contributed by atoms with Gasteiger partial charge in [-0.2, -0.15) is 0 Å². The summed E-state index contributed by atoms with van der Waals surface area (Å²) in [6.07, 6.45) is 5.08. The number of amides is 1. The summed E-state index contributed by atoms with van der Waals surface area (Å²) >= 11 is 0. The van der Waals surface area contributed by atoms with Gasteiger partial charge in [-0.3, -0.25) is 4.79 Å². The molecule has 1 aliphatic carbocycles. The van der Waals surface area contributed by atoms with Crippen molar-refractivity contribution in [2.24, 2.45) is 5.73 Å². The van der Waals surface area contributed by atoms with Crippen molar-refractivity contribution in [3.63, 3.8) is 0 Å². The molecule has 0 aromatic heterocycles. The molecule has 2 rings (SSSR count). The molecule has 2 atom stereocenters. The van der Waals surface area contributed by atoms with Crippen LogP contribution in [0, 0.1) is 0 Å². The zero-order chi connectivity index (χ0) is 13.7. The van der Waals surface area contributed by atoms with Crippen LogP contribution in [-0.2, 0) is 11.2 Å². The second-order valence-corrected chi connectivity index (χ2v) is 5.48. The molecule has 0 bridgehead atoms. The van der Waals surface area contributed by atoms with Gasteiger partial charge in [-0.05, 0) is 56.7 Å². The Balaban J connectivity index is 2.00. The summed E-state index contributed by atoms with van der Waals surface area (Å²) < 4.78 is 0. The summed E-state index contributed by atoms with van der Waals surface area (Å²) in [6.45, 7) is 2.74. The van der Waals surface area contributed by atoms with Crippen molar-refractivity contribution in [3.8, 4) is 0 Å². The lowest BCUT2D eigenvalue weighted by molar-refractivity contribution is -0.123. The number of benzene rings is 1. The molecule has 0 radical (unpaired) electrons. The first-order chi connectivity index (χ1) is 9.22. The minimum atomic E-state index is 0.0327. The lowest BCUT2D eigenvalue weighted by atomic mass is 9.82. The van der Waals surface area contributed by atoms with E-state index in [0.717, 1.165) is 32.1 Å². The number of hydrogen-bond acceptors (Lipinski definition) is 2. The van der Waals surface area contributed by atoms with Crippen LogP contribution < -0.4 is 11.1 Å². The predicted molar refractivity (Wildman–Crippen MR) is 78.0 cm³/mol. The van der Waals surface area contributed by atoms with Gasteiger partial charge in [-0.25, -0.2) is 0 Å². The first kappa shape index (κ1) is 14.1. The highest BCUT2D eigenvalue weighted by molar-refractivity contribution is 5.84. The van der Waals surface area contributed by atoms with E-state index in [1.54, 1.807) is 0 Å². The molecule has 0 aliphatic heterocycles. The van der Waals surface area contributed by atoms with E-state index in [1.165, 1.54) is 11.1 Å². The van der Waals surface area contributed by atoms with Crippen LogP contribution in [0.1, 0.15) is 49.7 Å². The van der Waals surface area contributed by atoms with Crippen LogP contribution >= 0.6 is 0 Å². The molecule has 2 unspecified atom stereocenters. The Kier molecular flexibility index (Phi) is 4.97. The highest BCUT2D eigenvalue weighted by Crippen LogP contribution is 2.31. The Morgan fingerprint density at radius 1 is 1.47 bits per heavy atom. The van der Waals surface area contributed by atoms with Crippen LogP contribution in [-0.4, -0.2) is 18.5 Å². The molecule has 1 aromatic carbocycles. The third-order valence-corrected chi connectivity index (χ3v) is 3.92. The van der Waals surface area contributed by atoms with Gasteiger partial charge in [-0.1, -0.05) is 24.3 Å². The second kappa shape index (κ2) is 6.71. The van der Waals surface area contributed by atoms with Gasteiger partial charge in [0.1, 0.15) is 0 Å². The molecule has 0 spiro atoms. The number of hydrogen-bond donors (Lipinski definition) is 2. The Hall–Kier alpha value is -1.35. The normalized spacial score (nSPS) is 19.6. The molecule has 0 fully saturated rings. The fraction of sp³-hybridized carbons (Fsp3) is 0.562. The zero-order valence-corrected chi connectivity index (χ0v) is 11.7. The van der Waals surface area contributed by atoms with E-state index in [0.29, 0.717) is 6.54 Å². The van der Waals surface area contributed by atoms with E-state index in [2.05, 4.69) is 30.4 Å². The first-order valence-electron chi connectivity index (χ1n) is 7.30. The first-order valence-corrected chi connectivity index (χ1v) is 7.30. The summed E-state index contributed by atoms with van der Waals surface area (Å²) in [4.78, 5) is 12.4. The molecule has 3 nitrogen and oxygen atoms in total. The van der Waals surface area contributed by atoms with Crippen molar-refractivity contribution in [1.29, 1.82) is 0 Å². The quantitative estimate of drug-likeness (QED) is 0.854. The van der Waals surface area contributed by atoms with Gasteiger partial charge in [0.25, 0.3) is 0 Å². The summed E-state index contributed by atoms with van der Waals surface area (Å²) in [6, 6.07) is 8.55. The van der Waals surface area contributed by atoms with Crippen molar-refractivity contribution in [1.82, 2.24) is 5.32 Å². The van der Waals surface area contributed by atoms with Crippen LogP contribution in [0.3, 0.4) is 0 Å². The number of fused-ring (bicyclic) bond motifs is 1. The van der Waals surface area contributed by atoms with Crippen molar-refractivity contribution in [3.05, 3.63) is 35.4 Å². The molecule has 1 aliphatic rings. The van der Waals surface area contributed by atoms with Gasteiger partial charge < -0.3 is 11.1 Å². The zero-order valence-electron chi connectivity index (χ0n) is 11.7. The maximum Gasteiger partial charge on any atom is 0.227 e. The standard InChI is InChI=1S/C16H24N2O/c1-12(6-5-11-17)18-16(19)15-10-4-8-13-7-2-3-9-14(13)15/h2-3,7,9,12,15H,4-6,8,10-11,17H2,1H3,(H,18,19). The molecule has 19 heavy (non-hydrogen) atoms. The average molecular weight is 260 g/mol. The van der Waals surface area contributed by atoms with Crippen molar-refractivity contribution in [2.75, 3.05) is 6.54 Å². The lowest BCUT2D eigenvalue weighted by Crippen LogP contribution is -2.37. The Labute approximate surface area is 115 Å². The maximum atomic E-state index is 12.4. The number of aryl methyl sites for hydroxylation is 1. The highest BCUT2D eigenvalue weighted by Gasteiger charge is 2.26. The molecule has 104 valence electrons. The van der Waals surface area contributed by atoms with E-state index in [-0.39, 0.29) is 17.9 Å². The molecular formula is C16H24N2O. The number of rotatable bonds is 5.